The molecule has 0 fully saturated rings. The van der Waals surface area contributed by atoms with Gasteiger partial charge in [0.15, 0.2) is 6.29 Å². The number of hydrogen-bond donors (Lipinski definition) is 2. The molecule has 1 aliphatic heterocycles. The van der Waals surface area contributed by atoms with Crippen LogP contribution in [0.1, 0.15) is 6.42 Å². The Morgan fingerprint density at radius 1 is 1.67 bits per heavy atom. The molecule has 1 rings (SSSR count). The molecule has 2 atom stereocenters. The number of nitrogens with two attached hydrogens (primary N) is 1. The first-order valence-corrected chi connectivity index (χ1v) is 2.85. The minimum absolute atomic E-state index is 0.0532. The van der Waals surface area contributed by atoms with Crippen molar-refractivity contribution in [2.75, 3.05) is 0 Å². The zero-order valence-electron chi connectivity index (χ0n) is 5.12. The van der Waals surface area contributed by atoms with Crippen molar-refractivity contribution in [3.63, 3.8) is 0 Å². The van der Waals surface area contributed by atoms with Gasteiger partial charge < -0.3 is 0 Å². The maximum Gasteiger partial charge on any atom is 0.173 e. The quantitative estimate of drug-likeness (QED) is 0.518. The number of hydrogen-bond acceptors (Lipinski definition) is 4. The highest BCUT2D eigenvalue weighted by atomic mass is 15.4. The van der Waals surface area contributed by atoms with Gasteiger partial charge in [-0.05, 0) is 0 Å². The van der Waals surface area contributed by atoms with Crippen LogP contribution in [0.15, 0.2) is 22.9 Å². The van der Waals surface area contributed by atoms with E-state index < -0.39 is 0 Å². The fourth-order valence-electron chi connectivity index (χ4n) is 0.689. The van der Waals surface area contributed by atoms with E-state index in [1.807, 2.05) is 0 Å². The van der Waals surface area contributed by atoms with Crippen molar-refractivity contribution in [1.29, 1.82) is 0 Å². The Balaban J connectivity index is 2.31. The van der Waals surface area contributed by atoms with Crippen molar-refractivity contribution in [3.05, 3.63) is 12.7 Å². The van der Waals surface area contributed by atoms with Crippen molar-refractivity contribution in [1.82, 2.24) is 5.32 Å². The van der Waals surface area contributed by atoms with Crippen LogP contribution in [-0.2, 0) is 0 Å². The van der Waals surface area contributed by atoms with Crippen molar-refractivity contribution < 1.29 is 0 Å². The summed E-state index contributed by atoms with van der Waals surface area (Å²) < 4.78 is 0. The van der Waals surface area contributed by atoms with Gasteiger partial charge in [0.1, 0.15) is 6.17 Å². The predicted molar refractivity (Wildman–Crippen MR) is 34.6 cm³/mol. The minimum Gasteiger partial charge on any atom is -0.296 e. The monoisotopic (exact) mass is 126 g/mol. The molecule has 1 aliphatic rings. The first kappa shape index (κ1) is 6.38. The average molecular weight is 126 g/mol. The molecule has 0 spiro atoms. The van der Waals surface area contributed by atoms with Crippen LogP contribution in [0, 0.1) is 0 Å². The highest BCUT2D eigenvalue weighted by molar-refractivity contribution is 4.79. The minimum atomic E-state index is -0.310. The van der Waals surface area contributed by atoms with E-state index >= 15 is 0 Å². The molecular weight excluding hydrogens is 116 g/mol. The summed E-state index contributed by atoms with van der Waals surface area (Å²) >= 11 is 0. The average Bonchev–Trinajstić information content (AvgIpc) is 2.17. The molecule has 0 bridgehead atoms. The summed E-state index contributed by atoms with van der Waals surface area (Å²) in [6.45, 7) is 3.57. The van der Waals surface area contributed by atoms with E-state index in [0.29, 0.717) is 0 Å². The molecule has 0 aromatic rings. The van der Waals surface area contributed by atoms with Gasteiger partial charge in [-0.15, -0.1) is 6.58 Å². The molecule has 4 heteroatoms. The predicted octanol–water partition coefficient (Wildman–Crippen LogP) is 0.186. The lowest BCUT2D eigenvalue weighted by Crippen LogP contribution is -2.36. The fourth-order valence-corrected chi connectivity index (χ4v) is 0.689. The molecule has 2 unspecified atom stereocenters. The van der Waals surface area contributed by atoms with E-state index in [4.69, 9.17) is 5.73 Å². The number of nitrogens with zero attached hydrogens (tertiary/aromatic N) is 2. The number of rotatable bonds is 2. The van der Waals surface area contributed by atoms with Crippen LogP contribution >= 0.6 is 0 Å². The van der Waals surface area contributed by atoms with Crippen LogP contribution in [0.2, 0.25) is 0 Å². The normalized spacial score (nSPS) is 33.0. The van der Waals surface area contributed by atoms with Crippen molar-refractivity contribution in [3.8, 4) is 0 Å². The second-order valence-corrected chi connectivity index (χ2v) is 1.88. The largest absolute Gasteiger partial charge is 0.296 e. The van der Waals surface area contributed by atoms with Gasteiger partial charge in [-0.3, -0.25) is 11.1 Å². The molecule has 9 heavy (non-hydrogen) atoms. The van der Waals surface area contributed by atoms with E-state index in [2.05, 4.69) is 22.1 Å². The molecule has 0 aromatic heterocycles. The van der Waals surface area contributed by atoms with Crippen LogP contribution in [0.4, 0.5) is 0 Å². The molecule has 0 radical (unpaired) electrons. The molecule has 0 aliphatic carbocycles. The molecule has 50 valence electrons. The van der Waals surface area contributed by atoms with Gasteiger partial charge in [0.25, 0.3) is 0 Å². The lowest BCUT2D eigenvalue weighted by atomic mass is 10.3. The van der Waals surface area contributed by atoms with Gasteiger partial charge in [0.2, 0.25) is 0 Å². The second-order valence-electron chi connectivity index (χ2n) is 1.88. The third-order valence-electron chi connectivity index (χ3n) is 1.08. The van der Waals surface area contributed by atoms with Gasteiger partial charge in [0.05, 0.1) is 0 Å². The Morgan fingerprint density at radius 2 is 2.44 bits per heavy atom. The van der Waals surface area contributed by atoms with Gasteiger partial charge in [0, 0.05) is 6.42 Å². The van der Waals surface area contributed by atoms with Crippen LogP contribution < -0.4 is 11.1 Å². The van der Waals surface area contributed by atoms with Gasteiger partial charge in [-0.25, -0.2) is 0 Å². The summed E-state index contributed by atoms with van der Waals surface area (Å²) in [5.41, 5.74) is 5.35. The van der Waals surface area contributed by atoms with E-state index in [1.165, 1.54) is 0 Å². The Kier molecular flexibility index (Phi) is 1.92. The maximum absolute atomic E-state index is 5.35. The maximum atomic E-state index is 5.35. The summed E-state index contributed by atoms with van der Waals surface area (Å²) in [6.07, 6.45) is 2.32. The van der Waals surface area contributed by atoms with Crippen molar-refractivity contribution >= 4 is 0 Å². The van der Waals surface area contributed by atoms with E-state index in [-0.39, 0.29) is 12.5 Å². The Morgan fingerprint density at radius 3 is 2.89 bits per heavy atom. The van der Waals surface area contributed by atoms with Gasteiger partial charge in [-0.1, -0.05) is 6.08 Å². The van der Waals surface area contributed by atoms with Crippen LogP contribution in [0.3, 0.4) is 0 Å². The molecule has 0 saturated heterocycles. The third-order valence-corrected chi connectivity index (χ3v) is 1.08. The fraction of sp³-hybridized carbons (Fsp3) is 0.600. The Bertz CT molecular complexity index is 131. The summed E-state index contributed by atoms with van der Waals surface area (Å²) in [5, 5.41) is 10.4. The first-order chi connectivity index (χ1) is 4.33. The van der Waals surface area contributed by atoms with Gasteiger partial charge >= 0.3 is 0 Å². The number of nitrogens with one attached hydrogen (secondary N) is 1. The highest BCUT2D eigenvalue weighted by Gasteiger charge is 2.14. The van der Waals surface area contributed by atoms with Crippen LogP contribution in [0.5, 0.6) is 0 Å². The lowest BCUT2D eigenvalue weighted by molar-refractivity contribution is 0.532. The molecule has 0 aromatic carbocycles. The Labute approximate surface area is 53.8 Å². The molecule has 4 nitrogen and oxygen atoms in total. The third kappa shape index (κ3) is 1.58. The topological polar surface area (TPSA) is 62.8 Å². The van der Waals surface area contributed by atoms with E-state index in [9.17, 15) is 0 Å². The molecule has 0 amide bonds. The van der Waals surface area contributed by atoms with Crippen molar-refractivity contribution in [2.45, 2.75) is 18.9 Å². The van der Waals surface area contributed by atoms with Gasteiger partial charge in [-0.2, -0.15) is 10.2 Å². The van der Waals surface area contributed by atoms with Crippen molar-refractivity contribution in [2.24, 2.45) is 16.0 Å². The molecular formula is C5H10N4. The standard InChI is InChI=1S/C5H10N4/c1-2-3-4-7-5(6)9-8-4/h2,4-5,7H,1,3,6H2. The highest BCUT2D eigenvalue weighted by Crippen LogP contribution is 2.03. The Hall–Kier alpha value is -0.740. The summed E-state index contributed by atoms with van der Waals surface area (Å²) in [7, 11) is 0. The molecule has 0 saturated carbocycles. The summed E-state index contributed by atoms with van der Waals surface area (Å²) in [4.78, 5) is 0. The number of azo groups is 1. The summed E-state index contributed by atoms with van der Waals surface area (Å²) in [6, 6.07) is 0. The first-order valence-electron chi connectivity index (χ1n) is 2.85. The molecule has 1 heterocycles. The van der Waals surface area contributed by atoms with Crippen LogP contribution in [-0.4, -0.2) is 12.5 Å². The van der Waals surface area contributed by atoms with E-state index in [0.717, 1.165) is 6.42 Å². The zero-order valence-corrected chi connectivity index (χ0v) is 5.12. The SMILES string of the molecule is C=CCC1N=NC(N)N1. The zero-order chi connectivity index (χ0) is 6.69. The van der Waals surface area contributed by atoms with Crippen LogP contribution in [0.25, 0.3) is 0 Å². The van der Waals surface area contributed by atoms with E-state index in [1.54, 1.807) is 6.08 Å². The summed E-state index contributed by atoms with van der Waals surface area (Å²) in [5.74, 6) is 0. The second kappa shape index (κ2) is 2.70. The lowest BCUT2D eigenvalue weighted by Gasteiger charge is -2.02. The smallest absolute Gasteiger partial charge is 0.173 e. The molecule has 3 N–H and O–H groups in total.